The van der Waals surface area contributed by atoms with Gasteiger partial charge in [-0.1, -0.05) is 52.0 Å². The molecule has 0 aromatic heterocycles. The number of benzene rings is 2. The molecule has 4 nitrogen and oxygen atoms in total. The predicted molar refractivity (Wildman–Crippen MR) is 120 cm³/mol. The van der Waals surface area contributed by atoms with Gasteiger partial charge in [0.15, 0.2) is 5.78 Å². The molecule has 0 saturated carbocycles. The fourth-order valence-corrected chi connectivity index (χ4v) is 3.32. The van der Waals surface area contributed by atoms with Gasteiger partial charge in [-0.25, -0.2) is 4.79 Å². The van der Waals surface area contributed by atoms with Crippen molar-refractivity contribution in [3.05, 3.63) is 64.7 Å². The Bertz CT molecular complexity index is 860. The minimum atomic E-state index is -0.393. The van der Waals surface area contributed by atoms with Gasteiger partial charge in [-0.2, -0.15) is 0 Å². The molecule has 2 aromatic carbocycles. The Kier molecular flexibility index (Phi) is 8.22. The van der Waals surface area contributed by atoms with Crippen LogP contribution in [0.3, 0.4) is 0 Å². The Labute approximate surface area is 180 Å². The molecular formula is C26H34O4. The van der Waals surface area contributed by atoms with Gasteiger partial charge < -0.3 is 9.47 Å². The molecule has 0 aliphatic carbocycles. The SMILES string of the molecule is CCC(CCc1ccc(C(=O)OC)cc1)c1ccc(OCC(=O)C(C)(C)C)c(C)c1. The van der Waals surface area contributed by atoms with E-state index in [0.29, 0.717) is 11.5 Å². The molecule has 0 bridgehead atoms. The number of esters is 1. The zero-order valence-corrected chi connectivity index (χ0v) is 19.1. The summed E-state index contributed by atoms with van der Waals surface area (Å²) in [6.45, 7) is 10.0. The molecule has 4 heteroatoms. The van der Waals surface area contributed by atoms with E-state index < -0.39 is 5.41 Å². The summed E-state index contributed by atoms with van der Waals surface area (Å²) in [6.07, 6.45) is 3.01. The van der Waals surface area contributed by atoms with Gasteiger partial charge in [-0.05, 0) is 67.0 Å². The van der Waals surface area contributed by atoms with Gasteiger partial charge in [0, 0.05) is 5.41 Å². The second-order valence-corrected chi connectivity index (χ2v) is 8.82. The first kappa shape index (κ1) is 23.7. The molecule has 1 unspecified atom stereocenters. The van der Waals surface area contributed by atoms with Gasteiger partial charge in [-0.3, -0.25) is 4.79 Å². The van der Waals surface area contributed by atoms with Crippen LogP contribution in [-0.2, 0) is 16.0 Å². The summed E-state index contributed by atoms with van der Waals surface area (Å²) >= 11 is 0. The van der Waals surface area contributed by atoms with Gasteiger partial charge in [0.25, 0.3) is 0 Å². The van der Waals surface area contributed by atoms with Crippen molar-refractivity contribution in [2.45, 2.75) is 59.8 Å². The molecule has 0 fully saturated rings. The van der Waals surface area contributed by atoms with Crippen molar-refractivity contribution >= 4 is 11.8 Å². The maximum atomic E-state index is 12.1. The van der Waals surface area contributed by atoms with Crippen molar-refractivity contribution in [3.63, 3.8) is 0 Å². The van der Waals surface area contributed by atoms with Gasteiger partial charge in [0.1, 0.15) is 12.4 Å². The minimum Gasteiger partial charge on any atom is -0.486 e. The largest absolute Gasteiger partial charge is 0.486 e. The average molecular weight is 411 g/mol. The van der Waals surface area contributed by atoms with Crippen LogP contribution in [0.25, 0.3) is 0 Å². The number of ketones is 1. The third-order valence-corrected chi connectivity index (χ3v) is 5.51. The van der Waals surface area contributed by atoms with E-state index in [-0.39, 0.29) is 18.4 Å². The summed E-state index contributed by atoms with van der Waals surface area (Å²) in [5.41, 5.74) is 3.73. The fraction of sp³-hybridized carbons (Fsp3) is 0.462. The first-order valence-electron chi connectivity index (χ1n) is 10.6. The lowest BCUT2D eigenvalue weighted by atomic mass is 9.89. The van der Waals surface area contributed by atoms with Crippen LogP contribution in [0.4, 0.5) is 0 Å². The fourth-order valence-electron chi connectivity index (χ4n) is 3.32. The molecule has 162 valence electrons. The summed E-state index contributed by atoms with van der Waals surface area (Å²) in [5.74, 6) is 0.990. The first-order chi connectivity index (χ1) is 14.2. The van der Waals surface area contributed by atoms with Gasteiger partial charge in [0.2, 0.25) is 0 Å². The molecule has 0 aliphatic heterocycles. The summed E-state index contributed by atoms with van der Waals surface area (Å²) in [4.78, 5) is 23.7. The number of carbonyl (C=O) groups excluding carboxylic acids is 2. The number of hydrogen-bond donors (Lipinski definition) is 0. The molecular weight excluding hydrogens is 376 g/mol. The minimum absolute atomic E-state index is 0.0932. The van der Waals surface area contributed by atoms with E-state index in [1.165, 1.54) is 18.2 Å². The van der Waals surface area contributed by atoms with E-state index >= 15 is 0 Å². The Hall–Kier alpha value is -2.62. The highest BCUT2D eigenvalue weighted by atomic mass is 16.5. The molecule has 1 atom stereocenters. The average Bonchev–Trinajstić information content (AvgIpc) is 2.72. The number of Topliss-reactive ketones (excluding diaryl/α,β-unsaturated/α-hetero) is 1. The molecule has 0 heterocycles. The van der Waals surface area contributed by atoms with Crippen molar-refractivity contribution in [2.24, 2.45) is 5.41 Å². The standard InChI is InChI=1S/C26H34O4/c1-7-20(11-8-19-9-12-21(13-10-19)25(28)29-6)22-14-15-23(18(2)16-22)30-17-24(27)26(3,4)5/h9-10,12-16,20H,7-8,11,17H2,1-6H3. The van der Waals surface area contributed by atoms with Gasteiger partial charge in [0.05, 0.1) is 12.7 Å². The number of carbonyl (C=O) groups is 2. The van der Waals surface area contributed by atoms with Crippen LogP contribution in [0, 0.1) is 12.3 Å². The summed E-state index contributed by atoms with van der Waals surface area (Å²) in [6, 6.07) is 13.9. The van der Waals surface area contributed by atoms with E-state index in [9.17, 15) is 9.59 Å². The highest BCUT2D eigenvalue weighted by Gasteiger charge is 2.22. The Balaban J connectivity index is 2.00. The third-order valence-electron chi connectivity index (χ3n) is 5.51. The van der Waals surface area contributed by atoms with Crippen molar-refractivity contribution in [1.82, 2.24) is 0 Å². The maximum absolute atomic E-state index is 12.1. The number of hydrogen-bond acceptors (Lipinski definition) is 4. The van der Waals surface area contributed by atoms with Crippen LogP contribution in [0.2, 0.25) is 0 Å². The summed E-state index contributed by atoms with van der Waals surface area (Å²) in [7, 11) is 1.39. The lowest BCUT2D eigenvalue weighted by molar-refractivity contribution is -0.128. The van der Waals surface area contributed by atoms with Crippen LogP contribution in [-0.4, -0.2) is 25.5 Å². The van der Waals surface area contributed by atoms with Crippen molar-refractivity contribution in [2.75, 3.05) is 13.7 Å². The Morgan fingerprint density at radius 3 is 2.23 bits per heavy atom. The number of methoxy groups -OCH3 is 1. The molecule has 0 N–H and O–H groups in total. The monoisotopic (exact) mass is 410 g/mol. The third kappa shape index (κ3) is 6.45. The highest BCUT2D eigenvalue weighted by molar-refractivity contribution is 5.89. The maximum Gasteiger partial charge on any atom is 0.337 e. The quantitative estimate of drug-likeness (QED) is 0.483. The molecule has 2 rings (SSSR count). The normalized spacial score (nSPS) is 12.3. The van der Waals surface area contributed by atoms with Gasteiger partial charge in [-0.15, -0.1) is 0 Å². The van der Waals surface area contributed by atoms with E-state index in [0.717, 1.165) is 30.6 Å². The predicted octanol–water partition coefficient (Wildman–Crippen LogP) is 5.90. The first-order valence-corrected chi connectivity index (χ1v) is 10.6. The second-order valence-electron chi connectivity index (χ2n) is 8.82. The molecule has 2 aromatic rings. The topological polar surface area (TPSA) is 52.6 Å². The van der Waals surface area contributed by atoms with Crippen LogP contribution >= 0.6 is 0 Å². The van der Waals surface area contributed by atoms with Crippen LogP contribution in [0.1, 0.15) is 73.5 Å². The zero-order valence-electron chi connectivity index (χ0n) is 19.1. The van der Waals surface area contributed by atoms with E-state index in [1.807, 2.05) is 58.0 Å². The number of rotatable bonds is 9. The lowest BCUT2D eigenvalue weighted by Gasteiger charge is -2.19. The van der Waals surface area contributed by atoms with E-state index in [1.54, 1.807) is 0 Å². The Morgan fingerprint density at radius 2 is 1.70 bits per heavy atom. The summed E-state index contributed by atoms with van der Waals surface area (Å²) in [5, 5.41) is 0. The molecule has 0 aliphatic rings. The number of aryl methyl sites for hydroxylation is 2. The molecule has 30 heavy (non-hydrogen) atoms. The number of ether oxygens (including phenoxy) is 2. The van der Waals surface area contributed by atoms with Crippen molar-refractivity contribution in [1.29, 1.82) is 0 Å². The van der Waals surface area contributed by atoms with E-state index in [4.69, 9.17) is 9.47 Å². The van der Waals surface area contributed by atoms with Crippen molar-refractivity contribution < 1.29 is 19.1 Å². The van der Waals surface area contributed by atoms with Gasteiger partial charge >= 0.3 is 5.97 Å². The molecule has 0 amide bonds. The second kappa shape index (κ2) is 10.4. The van der Waals surface area contributed by atoms with Crippen LogP contribution < -0.4 is 4.74 Å². The Morgan fingerprint density at radius 1 is 1.03 bits per heavy atom. The lowest BCUT2D eigenvalue weighted by Crippen LogP contribution is -2.26. The molecule has 0 radical (unpaired) electrons. The van der Waals surface area contributed by atoms with E-state index in [2.05, 4.69) is 19.1 Å². The zero-order chi connectivity index (χ0) is 22.3. The molecule has 0 spiro atoms. The molecule has 0 saturated heterocycles. The smallest absolute Gasteiger partial charge is 0.337 e. The van der Waals surface area contributed by atoms with Crippen LogP contribution in [0.15, 0.2) is 42.5 Å². The summed E-state index contributed by atoms with van der Waals surface area (Å²) < 4.78 is 10.5. The van der Waals surface area contributed by atoms with Crippen LogP contribution in [0.5, 0.6) is 5.75 Å². The highest BCUT2D eigenvalue weighted by Crippen LogP contribution is 2.29. The van der Waals surface area contributed by atoms with Crippen molar-refractivity contribution in [3.8, 4) is 5.75 Å².